The van der Waals surface area contributed by atoms with Gasteiger partial charge in [0.2, 0.25) is 5.78 Å². The fourth-order valence-electron chi connectivity index (χ4n) is 4.18. The number of carbonyl (C=O) groups is 1. The summed E-state index contributed by atoms with van der Waals surface area (Å²) >= 11 is 1.63. The molecule has 0 atom stereocenters. The third-order valence-electron chi connectivity index (χ3n) is 5.69. The Labute approximate surface area is 167 Å². The maximum atomic E-state index is 13.4. The predicted octanol–water partition coefficient (Wildman–Crippen LogP) is 4.06. The van der Waals surface area contributed by atoms with Crippen molar-refractivity contribution in [1.29, 1.82) is 0 Å². The van der Waals surface area contributed by atoms with E-state index in [-0.39, 0.29) is 5.78 Å². The van der Waals surface area contributed by atoms with Gasteiger partial charge in [-0.2, -0.15) is 0 Å². The van der Waals surface area contributed by atoms with Gasteiger partial charge in [-0.3, -0.25) is 9.69 Å². The van der Waals surface area contributed by atoms with Gasteiger partial charge < -0.3 is 14.3 Å². The van der Waals surface area contributed by atoms with Gasteiger partial charge in [0.15, 0.2) is 0 Å². The highest BCUT2D eigenvalue weighted by Crippen LogP contribution is 2.30. The zero-order valence-corrected chi connectivity index (χ0v) is 16.7. The molecule has 4 aromatic rings. The molecule has 0 amide bonds. The lowest BCUT2D eigenvalue weighted by Crippen LogP contribution is -2.38. The summed E-state index contributed by atoms with van der Waals surface area (Å²) < 4.78 is 7.75. The van der Waals surface area contributed by atoms with Gasteiger partial charge in [0.1, 0.15) is 4.83 Å². The molecule has 1 saturated heterocycles. The van der Waals surface area contributed by atoms with Crippen LogP contribution in [0.15, 0.2) is 41.8 Å². The molecule has 0 aliphatic carbocycles. The molecular formula is C22H23N3O2S. The molecule has 0 radical (unpaired) electrons. The molecule has 4 heterocycles. The Morgan fingerprint density at radius 2 is 2.00 bits per heavy atom. The monoisotopic (exact) mass is 393 g/mol. The second-order valence-electron chi connectivity index (χ2n) is 7.30. The molecule has 3 aromatic heterocycles. The first-order valence-corrected chi connectivity index (χ1v) is 10.6. The van der Waals surface area contributed by atoms with E-state index in [1.165, 1.54) is 0 Å². The molecule has 1 aliphatic rings. The molecule has 0 unspecified atom stereocenters. The van der Waals surface area contributed by atoms with Crippen LogP contribution in [0.2, 0.25) is 0 Å². The number of ketones is 1. The first kappa shape index (κ1) is 17.7. The fraction of sp³-hybridized carbons (Fsp3) is 0.318. The van der Waals surface area contributed by atoms with Crippen molar-refractivity contribution in [1.82, 2.24) is 14.5 Å². The van der Waals surface area contributed by atoms with Crippen molar-refractivity contribution in [3.8, 4) is 0 Å². The highest BCUT2D eigenvalue weighted by Gasteiger charge is 2.23. The largest absolute Gasteiger partial charge is 0.379 e. The Hall–Kier alpha value is -2.41. The maximum absolute atomic E-state index is 13.4. The average molecular weight is 394 g/mol. The number of fused-ring (bicyclic) bond motifs is 2. The van der Waals surface area contributed by atoms with Crippen molar-refractivity contribution in [3.63, 3.8) is 0 Å². The van der Waals surface area contributed by atoms with E-state index in [4.69, 9.17) is 4.74 Å². The number of morpholine rings is 1. The first-order chi connectivity index (χ1) is 13.7. The number of hydrogen-bond acceptors (Lipinski definition) is 4. The van der Waals surface area contributed by atoms with Crippen LogP contribution in [-0.4, -0.2) is 53.1 Å². The van der Waals surface area contributed by atoms with Gasteiger partial charge in [0.25, 0.3) is 0 Å². The van der Waals surface area contributed by atoms with Crippen molar-refractivity contribution >= 4 is 38.2 Å². The minimum Gasteiger partial charge on any atom is -0.379 e. The fourth-order valence-corrected chi connectivity index (χ4v) is 4.96. The Morgan fingerprint density at radius 1 is 1.18 bits per heavy atom. The van der Waals surface area contributed by atoms with Crippen LogP contribution in [0.5, 0.6) is 0 Å². The summed E-state index contributed by atoms with van der Waals surface area (Å²) in [6, 6.07) is 12.3. The molecule has 1 N–H and O–H groups in total. The van der Waals surface area contributed by atoms with Crippen molar-refractivity contribution in [3.05, 3.63) is 58.7 Å². The number of thiophene rings is 1. The number of rotatable bonds is 5. The Balaban J connectivity index is 1.52. The topological polar surface area (TPSA) is 50.3 Å². The van der Waals surface area contributed by atoms with Gasteiger partial charge in [-0.05, 0) is 30.5 Å². The lowest BCUT2D eigenvalue weighted by atomic mass is 10.0. The predicted molar refractivity (Wildman–Crippen MR) is 114 cm³/mol. The number of nitrogens with one attached hydrogen (secondary N) is 1. The maximum Gasteiger partial charge on any atom is 0.211 e. The SMILES string of the molecule is Cc1c(C(=O)c2cc3ccsc3[nH]2)c2ccccc2n1CCN1CCOCC1. The van der Waals surface area contributed by atoms with E-state index in [2.05, 4.69) is 33.5 Å². The van der Waals surface area contributed by atoms with Gasteiger partial charge in [-0.25, -0.2) is 0 Å². The lowest BCUT2D eigenvalue weighted by Gasteiger charge is -2.27. The third-order valence-corrected chi connectivity index (χ3v) is 6.54. The molecule has 5 rings (SSSR count). The molecule has 6 heteroatoms. The van der Waals surface area contributed by atoms with Crippen molar-refractivity contribution in [2.45, 2.75) is 13.5 Å². The van der Waals surface area contributed by atoms with Crippen molar-refractivity contribution in [2.75, 3.05) is 32.8 Å². The van der Waals surface area contributed by atoms with E-state index in [0.29, 0.717) is 5.69 Å². The molecule has 28 heavy (non-hydrogen) atoms. The highest BCUT2D eigenvalue weighted by atomic mass is 32.1. The molecule has 0 saturated carbocycles. The van der Waals surface area contributed by atoms with Gasteiger partial charge in [0.05, 0.1) is 24.5 Å². The minimum atomic E-state index is 0.0715. The number of nitrogens with zero attached hydrogens (tertiary/aromatic N) is 2. The minimum absolute atomic E-state index is 0.0715. The number of H-pyrrole nitrogens is 1. The summed E-state index contributed by atoms with van der Waals surface area (Å²) in [5, 5.41) is 4.17. The number of hydrogen-bond donors (Lipinski definition) is 1. The summed E-state index contributed by atoms with van der Waals surface area (Å²) in [7, 11) is 0. The van der Waals surface area contributed by atoms with Gasteiger partial charge >= 0.3 is 0 Å². The Kier molecular flexibility index (Phi) is 4.55. The van der Waals surface area contributed by atoms with Crippen LogP contribution in [0.4, 0.5) is 0 Å². The summed E-state index contributed by atoms with van der Waals surface area (Å²) in [5.74, 6) is 0.0715. The van der Waals surface area contributed by atoms with Crippen LogP contribution in [0.1, 0.15) is 21.7 Å². The van der Waals surface area contributed by atoms with Gasteiger partial charge in [-0.1, -0.05) is 18.2 Å². The second-order valence-corrected chi connectivity index (χ2v) is 8.22. The average Bonchev–Trinajstić information content (AvgIpc) is 3.39. The number of ether oxygens (including phenoxy) is 1. The van der Waals surface area contributed by atoms with E-state index in [1.54, 1.807) is 11.3 Å². The zero-order valence-electron chi connectivity index (χ0n) is 15.9. The summed E-state index contributed by atoms with van der Waals surface area (Å²) in [4.78, 5) is 20.2. The van der Waals surface area contributed by atoms with E-state index in [1.807, 2.05) is 29.6 Å². The molecule has 0 spiro atoms. The van der Waals surface area contributed by atoms with E-state index in [0.717, 1.165) is 71.8 Å². The standard InChI is InChI=1S/C22H23N3O2S/c1-15-20(21(26)18-14-16-6-13-28-22(16)23-18)17-4-2-3-5-19(17)25(15)8-7-24-9-11-27-12-10-24/h2-6,13-14,23H,7-12H2,1H3. The molecule has 1 aromatic carbocycles. The van der Waals surface area contributed by atoms with Gasteiger partial charge in [0, 0.05) is 48.2 Å². The number of aromatic nitrogens is 2. The van der Waals surface area contributed by atoms with Crippen LogP contribution < -0.4 is 0 Å². The normalized spacial score (nSPS) is 15.6. The highest BCUT2D eigenvalue weighted by molar-refractivity contribution is 7.16. The van der Waals surface area contributed by atoms with Crippen molar-refractivity contribution in [2.24, 2.45) is 0 Å². The molecule has 144 valence electrons. The third kappa shape index (κ3) is 2.98. The number of para-hydroxylation sites is 1. The van der Waals surface area contributed by atoms with Crippen molar-refractivity contribution < 1.29 is 9.53 Å². The smallest absolute Gasteiger partial charge is 0.211 e. The first-order valence-electron chi connectivity index (χ1n) is 9.71. The van der Waals surface area contributed by atoms with Crippen LogP contribution in [0.3, 0.4) is 0 Å². The summed E-state index contributed by atoms with van der Waals surface area (Å²) in [5.41, 5.74) is 3.65. The van der Waals surface area contributed by atoms with Crippen LogP contribution >= 0.6 is 11.3 Å². The van der Waals surface area contributed by atoms with Crippen LogP contribution in [0.25, 0.3) is 21.1 Å². The molecule has 0 bridgehead atoms. The Bertz CT molecular complexity index is 1120. The summed E-state index contributed by atoms with van der Waals surface area (Å²) in [6.45, 7) is 7.47. The lowest BCUT2D eigenvalue weighted by molar-refractivity contribution is 0.0365. The van der Waals surface area contributed by atoms with Crippen LogP contribution in [-0.2, 0) is 11.3 Å². The zero-order chi connectivity index (χ0) is 19.1. The van der Waals surface area contributed by atoms with Gasteiger partial charge in [-0.15, -0.1) is 11.3 Å². The van der Waals surface area contributed by atoms with E-state index < -0.39 is 0 Å². The van der Waals surface area contributed by atoms with E-state index in [9.17, 15) is 4.79 Å². The van der Waals surface area contributed by atoms with Crippen LogP contribution in [0, 0.1) is 6.92 Å². The molecule has 5 nitrogen and oxygen atoms in total. The molecule has 1 fully saturated rings. The number of benzene rings is 1. The number of carbonyl (C=O) groups excluding carboxylic acids is 1. The molecule has 1 aliphatic heterocycles. The number of aromatic amines is 1. The second kappa shape index (κ2) is 7.20. The quantitative estimate of drug-likeness (QED) is 0.520. The Morgan fingerprint density at radius 3 is 2.82 bits per heavy atom. The van der Waals surface area contributed by atoms with E-state index >= 15 is 0 Å². The summed E-state index contributed by atoms with van der Waals surface area (Å²) in [6.07, 6.45) is 0. The molecular weight excluding hydrogens is 370 g/mol.